The molecule has 0 radical (unpaired) electrons. The van der Waals surface area contributed by atoms with Gasteiger partial charge in [-0.25, -0.2) is 0 Å². The largest absolute Gasteiger partial charge is 0.493 e. The first-order chi connectivity index (χ1) is 9.61. The van der Waals surface area contributed by atoms with Crippen molar-refractivity contribution < 1.29 is 14.3 Å². The predicted octanol–water partition coefficient (Wildman–Crippen LogP) is 2.44. The highest BCUT2D eigenvalue weighted by Gasteiger charge is 2.02. The van der Waals surface area contributed by atoms with Crippen molar-refractivity contribution >= 4 is 33.4 Å². The number of hydrogen-bond donors (Lipinski definition) is 2. The number of anilines is 1. The molecule has 0 spiro atoms. The second kappa shape index (κ2) is 9.36. The van der Waals surface area contributed by atoms with Gasteiger partial charge in [-0.1, -0.05) is 15.9 Å². The summed E-state index contributed by atoms with van der Waals surface area (Å²) in [5.74, 6) is 0.259. The van der Waals surface area contributed by atoms with Crippen LogP contribution >= 0.6 is 15.9 Å². The smallest absolute Gasteiger partial charge is 0.224 e. The molecule has 1 rings (SSSR count). The van der Waals surface area contributed by atoms with Crippen molar-refractivity contribution in [2.24, 2.45) is 5.73 Å². The van der Waals surface area contributed by atoms with Gasteiger partial charge in [-0.3, -0.25) is 9.59 Å². The number of unbranched alkanes of at least 4 members (excludes halogenated alkanes) is 1. The number of benzene rings is 1. The van der Waals surface area contributed by atoms with Gasteiger partial charge in [0.05, 0.1) is 13.0 Å². The van der Waals surface area contributed by atoms with Crippen LogP contribution in [0.25, 0.3) is 0 Å². The summed E-state index contributed by atoms with van der Waals surface area (Å²) in [6.07, 6.45) is 2.56. The number of nitrogens with one attached hydrogen (secondary N) is 1. The number of halogens is 1. The molecule has 0 aliphatic carbocycles. The fourth-order valence-electron chi connectivity index (χ4n) is 1.51. The maximum atomic E-state index is 11.6. The van der Waals surface area contributed by atoms with Crippen LogP contribution < -0.4 is 15.8 Å². The minimum atomic E-state index is -0.391. The molecule has 6 heteroatoms. The highest BCUT2D eigenvalue weighted by atomic mass is 79.9. The zero-order valence-electron chi connectivity index (χ0n) is 11.2. The Morgan fingerprint density at radius 2 is 1.85 bits per heavy atom. The summed E-state index contributed by atoms with van der Waals surface area (Å²) in [6, 6.07) is 7.02. The van der Waals surface area contributed by atoms with E-state index >= 15 is 0 Å². The van der Waals surface area contributed by atoms with Crippen LogP contribution in [0.15, 0.2) is 24.3 Å². The summed E-state index contributed by atoms with van der Waals surface area (Å²) in [7, 11) is 0. The van der Waals surface area contributed by atoms with Crippen molar-refractivity contribution in [1.29, 1.82) is 0 Å². The van der Waals surface area contributed by atoms with E-state index in [-0.39, 0.29) is 18.9 Å². The number of hydrogen-bond acceptors (Lipinski definition) is 3. The lowest BCUT2D eigenvalue weighted by atomic mass is 10.2. The zero-order chi connectivity index (χ0) is 14.8. The summed E-state index contributed by atoms with van der Waals surface area (Å²) in [5.41, 5.74) is 5.75. The molecule has 3 N–H and O–H groups in total. The lowest BCUT2D eigenvalue weighted by molar-refractivity contribution is -0.118. The van der Waals surface area contributed by atoms with E-state index in [2.05, 4.69) is 21.2 Å². The maximum absolute atomic E-state index is 11.6. The average Bonchev–Trinajstić information content (AvgIpc) is 2.41. The Bertz CT molecular complexity index is 435. The highest BCUT2D eigenvalue weighted by Crippen LogP contribution is 2.16. The van der Waals surface area contributed by atoms with Crippen molar-refractivity contribution in [3.63, 3.8) is 0 Å². The van der Waals surface area contributed by atoms with Gasteiger partial charge < -0.3 is 15.8 Å². The van der Waals surface area contributed by atoms with Gasteiger partial charge in [0.2, 0.25) is 11.8 Å². The zero-order valence-corrected chi connectivity index (χ0v) is 12.8. The van der Waals surface area contributed by atoms with Gasteiger partial charge in [-0.15, -0.1) is 0 Å². The Hall–Kier alpha value is -1.56. The first kappa shape index (κ1) is 16.5. The molecule has 2 amide bonds. The SMILES string of the molecule is NC(=O)CCOc1ccc(NC(=O)CCCCBr)cc1. The third-order valence-corrected chi connectivity index (χ3v) is 3.10. The second-order valence-electron chi connectivity index (χ2n) is 4.28. The first-order valence-corrected chi connectivity index (χ1v) is 7.61. The van der Waals surface area contributed by atoms with Crippen LogP contribution in [0.1, 0.15) is 25.7 Å². The third kappa shape index (κ3) is 7.13. The Balaban J connectivity index is 2.34. The van der Waals surface area contributed by atoms with Crippen LogP contribution in [-0.2, 0) is 9.59 Å². The summed E-state index contributed by atoms with van der Waals surface area (Å²) in [6.45, 7) is 0.258. The molecule has 0 aliphatic heterocycles. The van der Waals surface area contributed by atoms with Gasteiger partial charge >= 0.3 is 0 Å². The summed E-state index contributed by atoms with van der Waals surface area (Å²) >= 11 is 3.33. The molecule has 0 fully saturated rings. The van der Waals surface area contributed by atoms with Crippen molar-refractivity contribution in [3.05, 3.63) is 24.3 Å². The van der Waals surface area contributed by atoms with Crippen LogP contribution in [0, 0.1) is 0 Å². The topological polar surface area (TPSA) is 81.4 Å². The summed E-state index contributed by atoms with van der Waals surface area (Å²) < 4.78 is 5.34. The molecule has 0 bridgehead atoms. The van der Waals surface area contributed by atoms with E-state index in [1.807, 2.05) is 0 Å². The predicted molar refractivity (Wildman–Crippen MR) is 82.0 cm³/mol. The fourth-order valence-corrected chi connectivity index (χ4v) is 1.90. The van der Waals surface area contributed by atoms with E-state index in [0.717, 1.165) is 23.9 Å². The molecule has 0 aromatic heterocycles. The van der Waals surface area contributed by atoms with Crippen LogP contribution in [-0.4, -0.2) is 23.8 Å². The summed E-state index contributed by atoms with van der Waals surface area (Å²) in [4.78, 5) is 22.2. The van der Waals surface area contributed by atoms with Crippen molar-refractivity contribution in [2.75, 3.05) is 17.3 Å². The standard InChI is InChI=1S/C14H19BrN2O3/c15-9-2-1-3-14(19)17-11-4-6-12(7-5-11)20-10-8-13(16)18/h4-7H,1-3,8-10H2,(H2,16,18)(H,17,19). The van der Waals surface area contributed by atoms with Crippen LogP contribution in [0.3, 0.4) is 0 Å². The number of alkyl halides is 1. The highest BCUT2D eigenvalue weighted by molar-refractivity contribution is 9.09. The molecule has 0 saturated carbocycles. The Kier molecular flexibility index (Phi) is 7.72. The number of carbonyl (C=O) groups excluding carboxylic acids is 2. The normalized spacial score (nSPS) is 10.1. The van der Waals surface area contributed by atoms with Gasteiger partial charge in [0.25, 0.3) is 0 Å². The molecule has 110 valence electrons. The van der Waals surface area contributed by atoms with Gasteiger partial charge in [-0.2, -0.15) is 0 Å². The number of carbonyl (C=O) groups is 2. The van der Waals surface area contributed by atoms with Crippen molar-refractivity contribution in [1.82, 2.24) is 0 Å². The third-order valence-electron chi connectivity index (χ3n) is 2.54. The minimum absolute atomic E-state index is 0.00773. The van der Waals surface area contributed by atoms with E-state index in [1.165, 1.54) is 0 Å². The molecule has 5 nitrogen and oxygen atoms in total. The second-order valence-corrected chi connectivity index (χ2v) is 5.08. The Labute approximate surface area is 127 Å². The summed E-state index contributed by atoms with van der Waals surface area (Å²) in [5, 5.41) is 3.73. The molecule has 0 heterocycles. The van der Waals surface area contributed by atoms with Crippen LogP contribution in [0.2, 0.25) is 0 Å². The molecule has 0 saturated heterocycles. The fraction of sp³-hybridized carbons (Fsp3) is 0.429. The number of ether oxygens (including phenoxy) is 1. The maximum Gasteiger partial charge on any atom is 0.224 e. The quantitative estimate of drug-likeness (QED) is 0.534. The van der Waals surface area contributed by atoms with E-state index in [9.17, 15) is 9.59 Å². The van der Waals surface area contributed by atoms with E-state index in [4.69, 9.17) is 10.5 Å². The van der Waals surface area contributed by atoms with Crippen LogP contribution in [0.5, 0.6) is 5.75 Å². The Morgan fingerprint density at radius 3 is 2.45 bits per heavy atom. The van der Waals surface area contributed by atoms with Gasteiger partial charge in [0.1, 0.15) is 5.75 Å². The molecule has 0 unspecified atom stereocenters. The average molecular weight is 343 g/mol. The molecular weight excluding hydrogens is 324 g/mol. The molecular formula is C14H19BrN2O3. The molecule has 0 aliphatic rings. The van der Waals surface area contributed by atoms with E-state index < -0.39 is 5.91 Å². The number of nitrogens with two attached hydrogens (primary N) is 1. The molecule has 1 aromatic carbocycles. The van der Waals surface area contributed by atoms with E-state index in [0.29, 0.717) is 12.2 Å². The molecule has 20 heavy (non-hydrogen) atoms. The lowest BCUT2D eigenvalue weighted by Gasteiger charge is -2.07. The monoisotopic (exact) mass is 342 g/mol. The molecule has 0 atom stereocenters. The van der Waals surface area contributed by atoms with Crippen molar-refractivity contribution in [2.45, 2.75) is 25.7 Å². The lowest BCUT2D eigenvalue weighted by Crippen LogP contribution is -2.14. The number of primary amides is 1. The molecule has 1 aromatic rings. The van der Waals surface area contributed by atoms with Crippen LogP contribution in [0.4, 0.5) is 5.69 Å². The van der Waals surface area contributed by atoms with Gasteiger partial charge in [-0.05, 0) is 37.1 Å². The number of rotatable bonds is 9. The minimum Gasteiger partial charge on any atom is -0.493 e. The van der Waals surface area contributed by atoms with Crippen molar-refractivity contribution in [3.8, 4) is 5.75 Å². The Morgan fingerprint density at radius 1 is 1.15 bits per heavy atom. The first-order valence-electron chi connectivity index (χ1n) is 6.49. The van der Waals surface area contributed by atoms with E-state index in [1.54, 1.807) is 24.3 Å². The van der Waals surface area contributed by atoms with Gasteiger partial charge in [0, 0.05) is 17.4 Å². The van der Waals surface area contributed by atoms with Gasteiger partial charge in [0.15, 0.2) is 0 Å². The number of amides is 2.